The first-order valence-corrected chi connectivity index (χ1v) is 4.12. The third-order valence-electron chi connectivity index (χ3n) is 1.59. The Kier molecular flexibility index (Phi) is 3.77. The topological polar surface area (TPSA) is 29.5 Å². The SMILES string of the molecule is CC(O)OCCc1ccccc1. The summed E-state index contributed by atoms with van der Waals surface area (Å²) in [6.07, 6.45) is 0.194. The molecule has 0 aromatic heterocycles. The molecular formula is C10H14O2. The van der Waals surface area contributed by atoms with Crippen molar-refractivity contribution >= 4 is 0 Å². The van der Waals surface area contributed by atoms with Gasteiger partial charge in [-0.15, -0.1) is 0 Å². The fourth-order valence-electron chi connectivity index (χ4n) is 0.992. The molecular weight excluding hydrogens is 152 g/mol. The van der Waals surface area contributed by atoms with Crippen molar-refractivity contribution in [3.8, 4) is 0 Å². The first kappa shape index (κ1) is 9.23. The number of aliphatic hydroxyl groups excluding tert-OH is 1. The highest BCUT2D eigenvalue weighted by molar-refractivity contribution is 5.14. The van der Waals surface area contributed by atoms with Crippen LogP contribution < -0.4 is 0 Å². The molecule has 0 fully saturated rings. The van der Waals surface area contributed by atoms with E-state index in [9.17, 15) is 0 Å². The van der Waals surface area contributed by atoms with Gasteiger partial charge in [0.05, 0.1) is 6.61 Å². The predicted octanol–water partition coefficient (Wildman–Crippen LogP) is 1.58. The molecule has 1 N–H and O–H groups in total. The minimum absolute atomic E-state index is 0.571. The molecule has 0 heterocycles. The standard InChI is InChI=1S/C10H14O2/c1-9(11)12-8-7-10-5-3-2-4-6-10/h2-6,9,11H,7-8H2,1H3. The third kappa shape index (κ3) is 3.51. The van der Waals surface area contributed by atoms with Crippen LogP contribution in [0.15, 0.2) is 30.3 Å². The molecule has 2 nitrogen and oxygen atoms in total. The molecule has 1 rings (SSSR count). The number of ether oxygens (including phenoxy) is 1. The van der Waals surface area contributed by atoms with Crippen molar-refractivity contribution in [1.82, 2.24) is 0 Å². The lowest BCUT2D eigenvalue weighted by Crippen LogP contribution is -2.08. The van der Waals surface area contributed by atoms with E-state index in [2.05, 4.69) is 0 Å². The lowest BCUT2D eigenvalue weighted by Gasteiger charge is -2.05. The van der Waals surface area contributed by atoms with Gasteiger partial charge in [0.2, 0.25) is 0 Å². The van der Waals surface area contributed by atoms with Gasteiger partial charge in [0.1, 0.15) is 0 Å². The minimum atomic E-state index is -0.659. The zero-order valence-electron chi connectivity index (χ0n) is 7.23. The summed E-state index contributed by atoms with van der Waals surface area (Å²) in [5.41, 5.74) is 1.23. The largest absolute Gasteiger partial charge is 0.368 e. The Morgan fingerprint density at radius 2 is 2.00 bits per heavy atom. The fourth-order valence-corrected chi connectivity index (χ4v) is 0.992. The maximum Gasteiger partial charge on any atom is 0.151 e. The molecule has 66 valence electrons. The van der Waals surface area contributed by atoms with Gasteiger partial charge in [-0.3, -0.25) is 0 Å². The Morgan fingerprint density at radius 3 is 2.58 bits per heavy atom. The normalized spacial score (nSPS) is 12.8. The lowest BCUT2D eigenvalue weighted by atomic mass is 10.2. The second-order valence-corrected chi connectivity index (χ2v) is 2.71. The van der Waals surface area contributed by atoms with Crippen molar-refractivity contribution in [2.24, 2.45) is 0 Å². The van der Waals surface area contributed by atoms with Gasteiger partial charge in [-0.25, -0.2) is 0 Å². The minimum Gasteiger partial charge on any atom is -0.368 e. The Morgan fingerprint density at radius 1 is 1.33 bits per heavy atom. The van der Waals surface area contributed by atoms with Crippen molar-refractivity contribution in [3.05, 3.63) is 35.9 Å². The molecule has 1 atom stereocenters. The van der Waals surface area contributed by atoms with Crippen molar-refractivity contribution in [2.75, 3.05) is 6.61 Å². The average Bonchev–Trinajstić information content (AvgIpc) is 2.05. The number of hydrogen-bond donors (Lipinski definition) is 1. The Labute approximate surface area is 72.8 Å². The summed E-state index contributed by atoms with van der Waals surface area (Å²) < 4.78 is 5.00. The number of rotatable bonds is 4. The van der Waals surface area contributed by atoms with E-state index in [-0.39, 0.29) is 0 Å². The van der Waals surface area contributed by atoms with Gasteiger partial charge >= 0.3 is 0 Å². The molecule has 12 heavy (non-hydrogen) atoms. The summed E-state index contributed by atoms with van der Waals surface area (Å²) in [7, 11) is 0. The summed E-state index contributed by atoms with van der Waals surface area (Å²) in [6, 6.07) is 10.1. The van der Waals surface area contributed by atoms with Crippen LogP contribution in [0.4, 0.5) is 0 Å². The highest BCUT2D eigenvalue weighted by Crippen LogP contribution is 1.99. The molecule has 0 bridgehead atoms. The van der Waals surface area contributed by atoms with Gasteiger partial charge in [-0.1, -0.05) is 30.3 Å². The van der Waals surface area contributed by atoms with E-state index >= 15 is 0 Å². The second-order valence-electron chi connectivity index (χ2n) is 2.71. The highest BCUT2D eigenvalue weighted by atomic mass is 16.6. The Bertz CT molecular complexity index is 206. The van der Waals surface area contributed by atoms with E-state index in [0.29, 0.717) is 6.61 Å². The number of aliphatic hydroxyl groups is 1. The van der Waals surface area contributed by atoms with Gasteiger partial charge in [-0.05, 0) is 18.9 Å². The Hall–Kier alpha value is -0.860. The van der Waals surface area contributed by atoms with Crippen molar-refractivity contribution in [2.45, 2.75) is 19.6 Å². The first-order chi connectivity index (χ1) is 5.79. The second kappa shape index (κ2) is 4.91. The van der Waals surface area contributed by atoms with Crippen LogP contribution in [-0.4, -0.2) is 18.0 Å². The van der Waals surface area contributed by atoms with E-state index < -0.39 is 6.29 Å². The number of benzene rings is 1. The van der Waals surface area contributed by atoms with Crippen LogP contribution in [0.5, 0.6) is 0 Å². The van der Waals surface area contributed by atoms with Crippen LogP contribution in [0, 0.1) is 0 Å². The van der Waals surface area contributed by atoms with Gasteiger partial charge in [0.25, 0.3) is 0 Å². The van der Waals surface area contributed by atoms with Crippen LogP contribution >= 0.6 is 0 Å². The molecule has 0 aliphatic rings. The summed E-state index contributed by atoms with van der Waals surface area (Å²) in [5, 5.41) is 8.81. The molecule has 1 aromatic rings. The summed E-state index contributed by atoms with van der Waals surface area (Å²) in [6.45, 7) is 2.19. The lowest BCUT2D eigenvalue weighted by molar-refractivity contribution is -0.0838. The van der Waals surface area contributed by atoms with Crippen molar-refractivity contribution in [1.29, 1.82) is 0 Å². The summed E-state index contributed by atoms with van der Waals surface area (Å²) in [5.74, 6) is 0. The maximum absolute atomic E-state index is 8.81. The highest BCUT2D eigenvalue weighted by Gasteiger charge is 1.94. The van der Waals surface area contributed by atoms with Crippen molar-refractivity contribution < 1.29 is 9.84 Å². The Balaban J connectivity index is 2.25. The fraction of sp³-hybridized carbons (Fsp3) is 0.400. The molecule has 0 saturated heterocycles. The molecule has 2 heteroatoms. The quantitative estimate of drug-likeness (QED) is 0.688. The van der Waals surface area contributed by atoms with Crippen LogP contribution in [0.1, 0.15) is 12.5 Å². The van der Waals surface area contributed by atoms with Gasteiger partial charge in [0.15, 0.2) is 6.29 Å². The predicted molar refractivity (Wildman–Crippen MR) is 47.8 cm³/mol. The van der Waals surface area contributed by atoms with Crippen LogP contribution in [-0.2, 0) is 11.2 Å². The number of hydrogen-bond acceptors (Lipinski definition) is 2. The monoisotopic (exact) mass is 166 g/mol. The zero-order chi connectivity index (χ0) is 8.81. The van der Waals surface area contributed by atoms with E-state index in [1.54, 1.807) is 6.92 Å². The van der Waals surface area contributed by atoms with Crippen LogP contribution in [0.2, 0.25) is 0 Å². The summed E-state index contributed by atoms with van der Waals surface area (Å²) in [4.78, 5) is 0. The molecule has 0 saturated carbocycles. The molecule has 1 aromatic carbocycles. The molecule has 0 radical (unpaired) electrons. The third-order valence-corrected chi connectivity index (χ3v) is 1.59. The molecule has 0 amide bonds. The maximum atomic E-state index is 8.81. The summed E-state index contributed by atoms with van der Waals surface area (Å²) >= 11 is 0. The van der Waals surface area contributed by atoms with Crippen LogP contribution in [0.3, 0.4) is 0 Å². The zero-order valence-corrected chi connectivity index (χ0v) is 7.23. The van der Waals surface area contributed by atoms with E-state index in [1.807, 2.05) is 30.3 Å². The van der Waals surface area contributed by atoms with Gasteiger partial charge in [0, 0.05) is 0 Å². The van der Waals surface area contributed by atoms with E-state index in [0.717, 1.165) is 6.42 Å². The van der Waals surface area contributed by atoms with E-state index in [4.69, 9.17) is 9.84 Å². The first-order valence-electron chi connectivity index (χ1n) is 4.12. The molecule has 0 aliphatic carbocycles. The molecule has 1 unspecified atom stereocenters. The van der Waals surface area contributed by atoms with E-state index in [1.165, 1.54) is 5.56 Å². The molecule has 0 aliphatic heterocycles. The van der Waals surface area contributed by atoms with Crippen molar-refractivity contribution in [3.63, 3.8) is 0 Å². The average molecular weight is 166 g/mol. The van der Waals surface area contributed by atoms with Crippen LogP contribution in [0.25, 0.3) is 0 Å². The van der Waals surface area contributed by atoms with Gasteiger partial charge in [-0.2, -0.15) is 0 Å². The van der Waals surface area contributed by atoms with Gasteiger partial charge < -0.3 is 9.84 Å². The smallest absolute Gasteiger partial charge is 0.151 e. The molecule has 0 spiro atoms.